The summed E-state index contributed by atoms with van der Waals surface area (Å²) in [6.07, 6.45) is -5.30. The SMILES string of the molecule is CNC(=O)c1ccc(-c2nc3c(NCCC(F)(F)F)cc(Oc4ccc(OCc5ccccc5)cc4)cc3[nH]2)cc1C. The fourth-order valence-electron chi connectivity index (χ4n) is 4.44. The number of ether oxygens (including phenoxy) is 2. The van der Waals surface area contributed by atoms with Crippen LogP contribution >= 0.6 is 0 Å². The molecular weight excluding hydrogens is 545 g/mol. The van der Waals surface area contributed by atoms with Gasteiger partial charge < -0.3 is 25.1 Å². The summed E-state index contributed by atoms with van der Waals surface area (Å²) >= 11 is 0. The molecule has 10 heteroatoms. The molecular formula is C32H29F3N4O3. The van der Waals surface area contributed by atoms with Crippen molar-refractivity contribution in [2.45, 2.75) is 26.1 Å². The van der Waals surface area contributed by atoms with Crippen molar-refractivity contribution in [2.75, 3.05) is 18.9 Å². The smallest absolute Gasteiger partial charge is 0.390 e. The van der Waals surface area contributed by atoms with Crippen LogP contribution in [0.5, 0.6) is 17.2 Å². The number of aromatic amines is 1. The van der Waals surface area contributed by atoms with E-state index in [4.69, 9.17) is 9.47 Å². The Morgan fingerprint density at radius 3 is 2.36 bits per heavy atom. The highest BCUT2D eigenvalue weighted by molar-refractivity contribution is 5.96. The number of benzene rings is 4. The lowest BCUT2D eigenvalue weighted by Crippen LogP contribution is -2.18. The Hall–Kier alpha value is -4.99. The van der Waals surface area contributed by atoms with Crippen LogP contribution in [0.4, 0.5) is 18.9 Å². The summed E-state index contributed by atoms with van der Waals surface area (Å²) in [6.45, 7) is 1.93. The van der Waals surface area contributed by atoms with Crippen LogP contribution in [0.3, 0.4) is 0 Å². The fourth-order valence-corrected chi connectivity index (χ4v) is 4.44. The highest BCUT2D eigenvalue weighted by atomic mass is 19.4. The van der Waals surface area contributed by atoms with E-state index < -0.39 is 12.6 Å². The minimum Gasteiger partial charge on any atom is -0.489 e. The summed E-state index contributed by atoms with van der Waals surface area (Å²) in [5, 5.41) is 5.48. The maximum Gasteiger partial charge on any atom is 0.390 e. The molecule has 5 rings (SSSR count). The molecule has 1 heterocycles. The van der Waals surface area contributed by atoms with Crippen molar-refractivity contribution in [3.05, 3.63) is 102 Å². The first kappa shape index (κ1) is 28.5. The summed E-state index contributed by atoms with van der Waals surface area (Å²) in [6, 6.07) is 25.6. The summed E-state index contributed by atoms with van der Waals surface area (Å²) in [5.74, 6) is 1.93. The Balaban J connectivity index is 1.40. The standard InChI is InChI=1S/C32H29F3N4O3/c1-20-16-22(8-13-26(20)31(40)36-2)30-38-28-18-25(17-27(29(28)39-30)37-15-14-32(33,34)35)42-24-11-9-23(10-12-24)41-19-21-6-4-3-5-7-21/h3-13,16-18,37H,14-15,19H2,1-2H3,(H,36,40)(H,38,39). The van der Waals surface area contributed by atoms with Crippen molar-refractivity contribution in [1.29, 1.82) is 0 Å². The van der Waals surface area contributed by atoms with Gasteiger partial charge in [-0.3, -0.25) is 4.79 Å². The summed E-state index contributed by atoms with van der Waals surface area (Å²) in [4.78, 5) is 20.0. The van der Waals surface area contributed by atoms with Crippen LogP contribution in [0.2, 0.25) is 0 Å². The first-order chi connectivity index (χ1) is 20.2. The molecule has 7 nitrogen and oxygen atoms in total. The molecule has 0 aliphatic heterocycles. The Morgan fingerprint density at radius 1 is 0.929 bits per heavy atom. The lowest BCUT2D eigenvalue weighted by Gasteiger charge is -2.12. The normalized spacial score (nSPS) is 11.4. The number of anilines is 1. The van der Waals surface area contributed by atoms with Crippen molar-refractivity contribution in [3.63, 3.8) is 0 Å². The lowest BCUT2D eigenvalue weighted by atomic mass is 10.0. The third-order valence-corrected chi connectivity index (χ3v) is 6.56. The molecule has 4 aromatic carbocycles. The number of halogens is 3. The van der Waals surface area contributed by atoms with E-state index in [-0.39, 0.29) is 12.5 Å². The van der Waals surface area contributed by atoms with Gasteiger partial charge in [0.1, 0.15) is 35.2 Å². The highest BCUT2D eigenvalue weighted by Crippen LogP contribution is 2.34. The van der Waals surface area contributed by atoms with Gasteiger partial charge in [-0.1, -0.05) is 36.4 Å². The van der Waals surface area contributed by atoms with Crippen LogP contribution < -0.4 is 20.1 Å². The number of hydrogen-bond acceptors (Lipinski definition) is 5. The molecule has 3 N–H and O–H groups in total. The Kier molecular flexibility index (Phi) is 8.33. The molecule has 1 aromatic heterocycles. The van der Waals surface area contributed by atoms with Crippen molar-refractivity contribution in [2.24, 2.45) is 0 Å². The molecule has 0 aliphatic carbocycles. The zero-order chi connectivity index (χ0) is 29.7. The average molecular weight is 575 g/mol. The summed E-state index contributed by atoms with van der Waals surface area (Å²) < 4.78 is 50.5. The van der Waals surface area contributed by atoms with E-state index in [0.29, 0.717) is 52.0 Å². The van der Waals surface area contributed by atoms with E-state index in [0.717, 1.165) is 16.7 Å². The largest absolute Gasteiger partial charge is 0.489 e. The number of aromatic nitrogens is 2. The second kappa shape index (κ2) is 12.3. The van der Waals surface area contributed by atoms with E-state index in [1.807, 2.05) is 43.3 Å². The molecule has 216 valence electrons. The number of H-pyrrole nitrogens is 1. The minimum absolute atomic E-state index is 0.197. The Morgan fingerprint density at radius 2 is 1.67 bits per heavy atom. The molecule has 0 spiro atoms. The van der Waals surface area contributed by atoms with Gasteiger partial charge in [-0.2, -0.15) is 13.2 Å². The van der Waals surface area contributed by atoms with E-state index in [9.17, 15) is 18.0 Å². The third-order valence-electron chi connectivity index (χ3n) is 6.56. The number of rotatable bonds is 10. The average Bonchev–Trinajstić information content (AvgIpc) is 3.41. The van der Waals surface area contributed by atoms with Gasteiger partial charge >= 0.3 is 6.18 Å². The second-order valence-corrected chi connectivity index (χ2v) is 9.70. The number of nitrogens with one attached hydrogen (secondary N) is 3. The zero-order valence-electron chi connectivity index (χ0n) is 23.0. The Bertz CT molecular complexity index is 1680. The zero-order valence-corrected chi connectivity index (χ0v) is 23.0. The van der Waals surface area contributed by atoms with Gasteiger partial charge in [-0.15, -0.1) is 0 Å². The maximum absolute atomic E-state index is 12.9. The van der Waals surface area contributed by atoms with Gasteiger partial charge in [0.2, 0.25) is 0 Å². The second-order valence-electron chi connectivity index (χ2n) is 9.70. The van der Waals surface area contributed by atoms with E-state index in [1.165, 1.54) is 0 Å². The predicted molar refractivity (Wildman–Crippen MR) is 156 cm³/mol. The van der Waals surface area contributed by atoms with Crippen molar-refractivity contribution in [3.8, 4) is 28.6 Å². The molecule has 0 fully saturated rings. The van der Waals surface area contributed by atoms with Crippen LogP contribution in [-0.4, -0.2) is 35.6 Å². The van der Waals surface area contributed by atoms with Crippen LogP contribution in [0.15, 0.2) is 84.9 Å². The first-order valence-electron chi connectivity index (χ1n) is 13.3. The van der Waals surface area contributed by atoms with Gasteiger partial charge in [0.05, 0.1) is 17.6 Å². The third kappa shape index (κ3) is 7.01. The number of carbonyl (C=O) groups is 1. The van der Waals surface area contributed by atoms with Gasteiger partial charge in [-0.25, -0.2) is 4.98 Å². The Labute approximate surface area is 240 Å². The van der Waals surface area contributed by atoms with Crippen LogP contribution in [0.1, 0.15) is 27.9 Å². The van der Waals surface area contributed by atoms with Crippen molar-refractivity contribution < 1.29 is 27.4 Å². The van der Waals surface area contributed by atoms with E-state index in [2.05, 4.69) is 20.6 Å². The predicted octanol–water partition coefficient (Wildman–Crippen LogP) is 7.63. The molecule has 0 aliphatic rings. The fraction of sp³-hybridized carbons (Fsp3) is 0.188. The van der Waals surface area contributed by atoms with Gasteiger partial charge in [0.25, 0.3) is 5.91 Å². The van der Waals surface area contributed by atoms with Gasteiger partial charge in [0.15, 0.2) is 0 Å². The maximum atomic E-state index is 12.9. The number of aryl methyl sites for hydroxylation is 1. The quantitative estimate of drug-likeness (QED) is 0.160. The number of nitrogens with zero attached hydrogens (tertiary/aromatic N) is 1. The van der Waals surface area contributed by atoms with Gasteiger partial charge in [-0.05, 0) is 54.4 Å². The topological polar surface area (TPSA) is 88.3 Å². The summed E-state index contributed by atoms with van der Waals surface area (Å²) in [7, 11) is 1.57. The monoisotopic (exact) mass is 574 g/mol. The summed E-state index contributed by atoms with van der Waals surface area (Å²) in [5.41, 5.74) is 4.52. The van der Waals surface area contributed by atoms with E-state index in [1.54, 1.807) is 55.6 Å². The molecule has 0 atom stereocenters. The number of carbonyl (C=O) groups excluding carboxylic acids is 1. The number of fused-ring (bicyclic) bond motifs is 1. The number of amides is 1. The molecule has 1 amide bonds. The lowest BCUT2D eigenvalue weighted by molar-refractivity contribution is -0.131. The van der Waals surface area contributed by atoms with Crippen molar-refractivity contribution in [1.82, 2.24) is 15.3 Å². The van der Waals surface area contributed by atoms with Crippen LogP contribution in [-0.2, 0) is 6.61 Å². The molecule has 0 saturated carbocycles. The minimum atomic E-state index is -4.30. The van der Waals surface area contributed by atoms with Crippen molar-refractivity contribution >= 4 is 22.6 Å². The number of hydrogen-bond donors (Lipinski definition) is 3. The molecule has 0 unspecified atom stereocenters. The number of imidazole rings is 1. The molecule has 0 radical (unpaired) electrons. The molecule has 0 bridgehead atoms. The van der Waals surface area contributed by atoms with Gasteiger partial charge in [0, 0.05) is 36.9 Å². The molecule has 42 heavy (non-hydrogen) atoms. The van der Waals surface area contributed by atoms with Crippen LogP contribution in [0.25, 0.3) is 22.4 Å². The number of alkyl halides is 3. The first-order valence-corrected chi connectivity index (χ1v) is 13.3. The van der Waals surface area contributed by atoms with Crippen LogP contribution in [0, 0.1) is 6.92 Å². The van der Waals surface area contributed by atoms with E-state index >= 15 is 0 Å². The highest BCUT2D eigenvalue weighted by Gasteiger charge is 2.26. The molecule has 5 aromatic rings. The molecule has 0 saturated heterocycles.